The molecular formula is C29H34F6P2. The first-order chi connectivity index (χ1) is 16.8. The fourth-order valence-corrected chi connectivity index (χ4v) is 13.1. The van der Waals surface area contributed by atoms with E-state index in [1.165, 1.54) is 29.8 Å². The maximum atomic E-state index is 13.3. The molecule has 1 atom stereocenters. The highest BCUT2D eigenvalue weighted by Crippen LogP contribution is 2.66. The monoisotopic (exact) mass is 558 g/mol. The van der Waals surface area contributed by atoms with Gasteiger partial charge in [0.2, 0.25) is 0 Å². The Labute approximate surface area is 218 Å². The molecule has 0 spiro atoms. The summed E-state index contributed by atoms with van der Waals surface area (Å²) in [6.45, 7) is 15.7. The van der Waals surface area contributed by atoms with Gasteiger partial charge in [0, 0.05) is 5.66 Å². The summed E-state index contributed by atoms with van der Waals surface area (Å²) < 4.78 is 79.6. The van der Waals surface area contributed by atoms with Crippen molar-refractivity contribution < 1.29 is 26.3 Å². The average Bonchev–Trinajstić information content (AvgIpc) is 3.21. The predicted molar refractivity (Wildman–Crippen MR) is 146 cm³/mol. The highest BCUT2D eigenvalue weighted by atomic mass is 31.1. The zero-order valence-electron chi connectivity index (χ0n) is 22.2. The van der Waals surface area contributed by atoms with Crippen LogP contribution in [0.3, 0.4) is 0 Å². The third-order valence-corrected chi connectivity index (χ3v) is 13.0. The zero-order chi connectivity index (χ0) is 28.0. The SMILES string of the molecule is CC(C1=C(P(c2ccc(C(F)(F)F)cc2)c2ccc(C(F)(F)F)cc2)CC=C1)P(C(C)(C)C)C(C)(C)C. The van der Waals surface area contributed by atoms with Crippen LogP contribution in [0, 0.1) is 0 Å². The molecule has 1 aliphatic rings. The van der Waals surface area contributed by atoms with Crippen LogP contribution < -0.4 is 10.6 Å². The van der Waals surface area contributed by atoms with E-state index in [4.69, 9.17) is 0 Å². The van der Waals surface area contributed by atoms with Crippen molar-refractivity contribution in [1.29, 1.82) is 0 Å². The summed E-state index contributed by atoms with van der Waals surface area (Å²) in [6.07, 6.45) is -4.10. The summed E-state index contributed by atoms with van der Waals surface area (Å²) in [7, 11) is -1.87. The van der Waals surface area contributed by atoms with Gasteiger partial charge >= 0.3 is 12.4 Å². The standard InChI is InChI=1S/C29H34F6P2/c1-19(37(26(2,3)4)27(5,6)7)24-9-8-10-25(24)36(22-15-11-20(12-16-22)28(30,31)32)23-17-13-21(14-18-23)29(33,34)35/h8-9,11-19H,10H2,1-7H3. The van der Waals surface area contributed by atoms with Gasteiger partial charge in [0.1, 0.15) is 0 Å². The molecule has 0 bridgehead atoms. The van der Waals surface area contributed by atoms with Crippen molar-refractivity contribution in [1.82, 2.24) is 0 Å². The average molecular weight is 559 g/mol. The van der Waals surface area contributed by atoms with E-state index < -0.39 is 39.3 Å². The molecule has 1 unspecified atom stereocenters. The molecule has 37 heavy (non-hydrogen) atoms. The fraction of sp³-hybridized carbons (Fsp3) is 0.448. The summed E-state index contributed by atoms with van der Waals surface area (Å²) >= 11 is 0. The number of rotatable bonds is 5. The van der Waals surface area contributed by atoms with E-state index in [1.54, 1.807) is 0 Å². The second-order valence-corrected chi connectivity index (χ2v) is 17.8. The van der Waals surface area contributed by atoms with Crippen LogP contribution in [-0.4, -0.2) is 16.0 Å². The summed E-state index contributed by atoms with van der Waals surface area (Å²) in [4.78, 5) is 0. The summed E-state index contributed by atoms with van der Waals surface area (Å²) in [5, 5.41) is 2.59. The van der Waals surface area contributed by atoms with Crippen molar-refractivity contribution in [2.75, 3.05) is 0 Å². The van der Waals surface area contributed by atoms with E-state index in [-0.39, 0.29) is 16.0 Å². The topological polar surface area (TPSA) is 0 Å². The molecule has 0 amide bonds. The summed E-state index contributed by atoms with van der Waals surface area (Å²) in [6, 6.07) is 10.2. The van der Waals surface area contributed by atoms with Crippen molar-refractivity contribution >= 4 is 26.5 Å². The largest absolute Gasteiger partial charge is 0.416 e. The Bertz CT molecular complexity index is 1070. The molecule has 0 radical (unpaired) electrons. The Balaban J connectivity index is 2.19. The first-order valence-corrected chi connectivity index (χ1v) is 14.9. The van der Waals surface area contributed by atoms with Crippen molar-refractivity contribution in [3.05, 3.63) is 82.7 Å². The van der Waals surface area contributed by atoms with Crippen LogP contribution in [0.1, 0.15) is 66.0 Å². The first kappa shape index (κ1) is 29.9. The van der Waals surface area contributed by atoms with Crippen LogP contribution in [0.4, 0.5) is 26.3 Å². The Kier molecular flexibility index (Phi) is 8.48. The second kappa shape index (κ2) is 10.5. The predicted octanol–water partition coefficient (Wildman–Crippen LogP) is 9.84. The molecule has 3 rings (SSSR count). The normalized spacial score (nSPS) is 16.3. The maximum Gasteiger partial charge on any atom is 0.416 e. The fourth-order valence-electron chi connectivity index (χ4n) is 5.48. The van der Waals surface area contributed by atoms with E-state index in [0.29, 0.717) is 17.0 Å². The minimum absolute atomic E-state index is 0.0486. The highest BCUT2D eigenvalue weighted by molar-refractivity contribution is 7.76. The minimum atomic E-state index is -4.46. The Morgan fingerprint density at radius 2 is 1.03 bits per heavy atom. The van der Waals surface area contributed by atoms with Crippen LogP contribution in [0.15, 0.2) is 71.6 Å². The smallest absolute Gasteiger partial charge is 0.166 e. The summed E-state index contributed by atoms with van der Waals surface area (Å²) in [5.74, 6) is 0. The third kappa shape index (κ3) is 6.87. The number of hydrogen-bond donors (Lipinski definition) is 0. The summed E-state index contributed by atoms with van der Waals surface area (Å²) in [5.41, 5.74) is -0.107. The molecule has 8 heteroatoms. The number of benzene rings is 2. The molecule has 0 saturated heterocycles. The lowest BCUT2D eigenvalue weighted by Gasteiger charge is -2.46. The van der Waals surface area contributed by atoms with Crippen molar-refractivity contribution in [2.24, 2.45) is 0 Å². The van der Waals surface area contributed by atoms with Crippen LogP contribution in [0.25, 0.3) is 0 Å². The van der Waals surface area contributed by atoms with Gasteiger partial charge in [-0.1, -0.05) is 92.8 Å². The lowest BCUT2D eigenvalue weighted by molar-refractivity contribution is -0.138. The zero-order valence-corrected chi connectivity index (χ0v) is 24.0. The number of alkyl halides is 6. The first-order valence-electron chi connectivity index (χ1n) is 12.2. The maximum absolute atomic E-state index is 13.3. The molecule has 0 aliphatic heterocycles. The number of allylic oxidation sites excluding steroid dienone is 4. The number of hydrogen-bond acceptors (Lipinski definition) is 0. The molecule has 2 aromatic rings. The lowest BCUT2D eigenvalue weighted by atomic mass is 10.2. The van der Waals surface area contributed by atoms with E-state index in [0.717, 1.165) is 29.6 Å². The van der Waals surface area contributed by atoms with E-state index >= 15 is 0 Å². The van der Waals surface area contributed by atoms with Crippen LogP contribution in [0.5, 0.6) is 0 Å². The van der Waals surface area contributed by atoms with Gasteiger partial charge in [0.05, 0.1) is 11.1 Å². The lowest BCUT2D eigenvalue weighted by Crippen LogP contribution is -2.31. The van der Waals surface area contributed by atoms with Gasteiger partial charge < -0.3 is 0 Å². The second-order valence-electron chi connectivity index (χ2n) is 11.3. The third-order valence-electron chi connectivity index (χ3n) is 6.40. The van der Waals surface area contributed by atoms with Crippen molar-refractivity contribution in [2.45, 2.75) is 83.2 Å². The van der Waals surface area contributed by atoms with Crippen LogP contribution >= 0.6 is 15.8 Å². The molecule has 0 aromatic heterocycles. The molecule has 1 aliphatic carbocycles. The van der Waals surface area contributed by atoms with Gasteiger partial charge in [0.25, 0.3) is 0 Å². The van der Waals surface area contributed by atoms with E-state index in [1.807, 2.05) is 0 Å². The molecule has 0 saturated carbocycles. The van der Waals surface area contributed by atoms with Crippen LogP contribution in [0.2, 0.25) is 0 Å². The Morgan fingerprint density at radius 3 is 1.35 bits per heavy atom. The van der Waals surface area contributed by atoms with Crippen molar-refractivity contribution in [3.63, 3.8) is 0 Å². The van der Waals surface area contributed by atoms with Crippen molar-refractivity contribution in [3.8, 4) is 0 Å². The Hall–Kier alpha value is -1.64. The Morgan fingerprint density at radius 1 is 0.649 bits per heavy atom. The van der Waals surface area contributed by atoms with Gasteiger partial charge in [-0.15, -0.1) is 0 Å². The molecule has 0 N–H and O–H groups in total. The quantitative estimate of drug-likeness (QED) is 0.253. The molecule has 0 nitrogen and oxygen atoms in total. The van der Waals surface area contributed by atoms with Crippen LogP contribution in [-0.2, 0) is 12.4 Å². The van der Waals surface area contributed by atoms with Gasteiger partial charge in [-0.2, -0.15) is 26.3 Å². The molecule has 2 aromatic carbocycles. The van der Waals surface area contributed by atoms with Gasteiger partial charge in [-0.3, -0.25) is 0 Å². The van der Waals surface area contributed by atoms with Gasteiger partial charge in [-0.05, 0) is 70.4 Å². The minimum Gasteiger partial charge on any atom is -0.166 e. The van der Waals surface area contributed by atoms with E-state index in [2.05, 4.69) is 60.6 Å². The van der Waals surface area contributed by atoms with E-state index in [9.17, 15) is 26.3 Å². The number of halogens is 6. The van der Waals surface area contributed by atoms with Gasteiger partial charge in [0.15, 0.2) is 0 Å². The molecular weight excluding hydrogens is 524 g/mol. The highest BCUT2D eigenvalue weighted by Gasteiger charge is 2.41. The molecule has 0 fully saturated rings. The molecule has 0 heterocycles. The molecule has 202 valence electrons. The van der Waals surface area contributed by atoms with Gasteiger partial charge in [-0.25, -0.2) is 0 Å².